The molecule has 0 rings (SSSR count). The lowest BCUT2D eigenvalue weighted by Gasteiger charge is -2.19. The van der Waals surface area contributed by atoms with Gasteiger partial charge in [0.1, 0.15) is 0 Å². The van der Waals surface area contributed by atoms with Crippen molar-refractivity contribution >= 4 is 5.97 Å². The van der Waals surface area contributed by atoms with Gasteiger partial charge in [0, 0.05) is 5.97 Å². The van der Waals surface area contributed by atoms with Gasteiger partial charge in [-0.15, -0.1) is 0 Å². The monoisotopic (exact) mass is 141 g/mol. The van der Waals surface area contributed by atoms with Crippen molar-refractivity contribution in [1.82, 2.24) is 0 Å². The molecule has 2 nitrogen and oxygen atoms in total. The van der Waals surface area contributed by atoms with Gasteiger partial charge in [-0.25, -0.2) is 0 Å². The Morgan fingerprint density at radius 3 is 2.40 bits per heavy atom. The standard InChI is InChI=1S/C8H14O2/c1-4-5-8(2,3)6-7(9)10/h4-5H,6H2,1-3H3,(H,9,10)/p-1/b5-4+. The Labute approximate surface area is 61.6 Å². The predicted molar refractivity (Wildman–Crippen MR) is 38.2 cm³/mol. The van der Waals surface area contributed by atoms with Crippen LogP contribution < -0.4 is 5.11 Å². The van der Waals surface area contributed by atoms with Crippen LogP contribution in [0.2, 0.25) is 0 Å². The molecule has 0 bridgehead atoms. The Kier molecular flexibility index (Phi) is 3.13. The van der Waals surface area contributed by atoms with Crippen LogP contribution in [-0.2, 0) is 4.79 Å². The molecule has 0 fully saturated rings. The zero-order valence-electron chi connectivity index (χ0n) is 6.68. The van der Waals surface area contributed by atoms with E-state index in [9.17, 15) is 9.90 Å². The van der Waals surface area contributed by atoms with E-state index in [1.165, 1.54) is 0 Å². The SMILES string of the molecule is C/C=C/C(C)(C)CC(=O)[O-]. The van der Waals surface area contributed by atoms with E-state index >= 15 is 0 Å². The fraction of sp³-hybridized carbons (Fsp3) is 0.625. The lowest BCUT2D eigenvalue weighted by Crippen LogP contribution is -2.27. The van der Waals surface area contributed by atoms with E-state index in [1.807, 2.05) is 32.9 Å². The maximum atomic E-state index is 10.1. The zero-order valence-corrected chi connectivity index (χ0v) is 6.68. The van der Waals surface area contributed by atoms with E-state index in [2.05, 4.69) is 0 Å². The summed E-state index contributed by atoms with van der Waals surface area (Å²) < 4.78 is 0. The summed E-state index contributed by atoms with van der Waals surface area (Å²) in [6.45, 7) is 5.60. The second-order valence-corrected chi connectivity index (χ2v) is 3.04. The van der Waals surface area contributed by atoms with Crippen LogP contribution in [0.25, 0.3) is 0 Å². The lowest BCUT2D eigenvalue weighted by molar-refractivity contribution is -0.307. The van der Waals surface area contributed by atoms with Gasteiger partial charge in [0.25, 0.3) is 0 Å². The van der Waals surface area contributed by atoms with Crippen LogP contribution in [0.15, 0.2) is 12.2 Å². The highest BCUT2D eigenvalue weighted by molar-refractivity contribution is 5.65. The highest BCUT2D eigenvalue weighted by Gasteiger charge is 2.12. The molecule has 0 N–H and O–H groups in total. The molecule has 0 saturated carbocycles. The van der Waals surface area contributed by atoms with Gasteiger partial charge in [0.05, 0.1) is 0 Å². The number of rotatable bonds is 3. The highest BCUT2D eigenvalue weighted by atomic mass is 16.4. The maximum Gasteiger partial charge on any atom is 0.0422 e. The second-order valence-electron chi connectivity index (χ2n) is 3.04. The van der Waals surface area contributed by atoms with Crippen molar-refractivity contribution in [2.75, 3.05) is 0 Å². The average Bonchev–Trinajstić information content (AvgIpc) is 1.59. The lowest BCUT2D eigenvalue weighted by atomic mass is 9.89. The van der Waals surface area contributed by atoms with Gasteiger partial charge >= 0.3 is 0 Å². The Hall–Kier alpha value is -0.790. The molecular weight excluding hydrogens is 128 g/mol. The minimum atomic E-state index is -0.997. The summed E-state index contributed by atoms with van der Waals surface area (Å²) in [7, 11) is 0. The third kappa shape index (κ3) is 4.13. The molecule has 58 valence electrons. The Morgan fingerprint density at radius 1 is 1.60 bits per heavy atom. The average molecular weight is 141 g/mol. The molecule has 10 heavy (non-hydrogen) atoms. The number of aliphatic carboxylic acids is 1. The summed E-state index contributed by atoms with van der Waals surface area (Å²) in [4.78, 5) is 10.1. The van der Waals surface area contributed by atoms with Crippen LogP contribution in [0.4, 0.5) is 0 Å². The van der Waals surface area contributed by atoms with Gasteiger partial charge in [0.2, 0.25) is 0 Å². The topological polar surface area (TPSA) is 40.1 Å². The number of carboxylic acids is 1. The van der Waals surface area contributed by atoms with E-state index in [-0.39, 0.29) is 11.8 Å². The molecule has 0 radical (unpaired) electrons. The molecular formula is C8H13O2-. The Morgan fingerprint density at radius 2 is 2.10 bits per heavy atom. The minimum absolute atomic E-state index is 0.0807. The summed E-state index contributed by atoms with van der Waals surface area (Å²) in [5.41, 5.74) is -0.270. The van der Waals surface area contributed by atoms with Crippen molar-refractivity contribution in [2.45, 2.75) is 27.2 Å². The summed E-state index contributed by atoms with van der Waals surface area (Å²) in [5, 5.41) is 10.1. The fourth-order valence-corrected chi connectivity index (χ4v) is 0.882. The van der Waals surface area contributed by atoms with E-state index in [1.54, 1.807) is 0 Å². The number of carbonyl (C=O) groups is 1. The molecule has 0 aliphatic heterocycles. The third-order valence-electron chi connectivity index (χ3n) is 1.22. The van der Waals surface area contributed by atoms with Gasteiger partial charge in [-0.2, -0.15) is 0 Å². The molecule has 0 saturated heterocycles. The van der Waals surface area contributed by atoms with Gasteiger partial charge < -0.3 is 9.90 Å². The molecule has 0 aromatic carbocycles. The first kappa shape index (κ1) is 9.21. The van der Waals surface area contributed by atoms with E-state index in [0.29, 0.717) is 0 Å². The summed E-state index contributed by atoms with van der Waals surface area (Å²) in [6, 6.07) is 0. The molecule has 0 aromatic rings. The minimum Gasteiger partial charge on any atom is -0.550 e. The highest BCUT2D eigenvalue weighted by Crippen LogP contribution is 2.20. The molecule has 0 aromatic heterocycles. The van der Waals surface area contributed by atoms with Crippen LogP contribution in [0.1, 0.15) is 27.2 Å². The molecule has 0 spiro atoms. The first-order valence-corrected chi connectivity index (χ1v) is 3.31. The van der Waals surface area contributed by atoms with Crippen LogP contribution in [-0.4, -0.2) is 5.97 Å². The number of allylic oxidation sites excluding steroid dienone is 2. The molecule has 0 amide bonds. The molecule has 0 heterocycles. The van der Waals surface area contributed by atoms with Gasteiger partial charge in [0.15, 0.2) is 0 Å². The van der Waals surface area contributed by atoms with Crippen LogP contribution >= 0.6 is 0 Å². The fourth-order valence-electron chi connectivity index (χ4n) is 0.882. The number of carbonyl (C=O) groups excluding carboxylic acids is 1. The van der Waals surface area contributed by atoms with E-state index < -0.39 is 5.97 Å². The first-order valence-electron chi connectivity index (χ1n) is 3.31. The van der Waals surface area contributed by atoms with Crippen LogP contribution in [0, 0.1) is 5.41 Å². The number of carboxylic acid groups (broad SMARTS) is 1. The third-order valence-corrected chi connectivity index (χ3v) is 1.22. The van der Waals surface area contributed by atoms with Crippen LogP contribution in [0.3, 0.4) is 0 Å². The second kappa shape index (κ2) is 3.40. The van der Waals surface area contributed by atoms with Crippen molar-refractivity contribution < 1.29 is 9.90 Å². The van der Waals surface area contributed by atoms with Gasteiger partial charge in [-0.3, -0.25) is 0 Å². The molecule has 0 aliphatic carbocycles. The number of hydrogen-bond acceptors (Lipinski definition) is 2. The zero-order chi connectivity index (χ0) is 8.20. The largest absolute Gasteiger partial charge is 0.550 e. The summed E-state index contributed by atoms with van der Waals surface area (Å²) >= 11 is 0. The van der Waals surface area contributed by atoms with E-state index in [4.69, 9.17) is 0 Å². The molecule has 0 atom stereocenters. The summed E-state index contributed by atoms with van der Waals surface area (Å²) in [5.74, 6) is -0.997. The Balaban J connectivity index is 3.99. The van der Waals surface area contributed by atoms with Crippen LogP contribution in [0.5, 0.6) is 0 Å². The summed E-state index contributed by atoms with van der Waals surface area (Å²) in [6.07, 6.45) is 3.79. The quantitative estimate of drug-likeness (QED) is 0.543. The van der Waals surface area contributed by atoms with Gasteiger partial charge in [-0.05, 0) is 18.8 Å². The molecule has 2 heteroatoms. The van der Waals surface area contributed by atoms with Crippen molar-refractivity contribution in [1.29, 1.82) is 0 Å². The number of hydrogen-bond donors (Lipinski definition) is 0. The van der Waals surface area contributed by atoms with Crippen molar-refractivity contribution in [3.63, 3.8) is 0 Å². The molecule has 0 aliphatic rings. The van der Waals surface area contributed by atoms with Crippen molar-refractivity contribution in [3.8, 4) is 0 Å². The van der Waals surface area contributed by atoms with Crippen molar-refractivity contribution in [3.05, 3.63) is 12.2 Å². The maximum absolute atomic E-state index is 10.1. The van der Waals surface area contributed by atoms with Crippen molar-refractivity contribution in [2.24, 2.45) is 5.41 Å². The first-order chi connectivity index (χ1) is 4.48. The van der Waals surface area contributed by atoms with E-state index in [0.717, 1.165) is 0 Å². The van der Waals surface area contributed by atoms with Gasteiger partial charge in [-0.1, -0.05) is 26.0 Å². The normalized spacial score (nSPS) is 12.3. The predicted octanol–water partition coefficient (Wildman–Crippen LogP) is 0.729. The Bertz CT molecular complexity index is 145. The molecule has 0 unspecified atom stereocenters. The smallest absolute Gasteiger partial charge is 0.0422 e.